The predicted molar refractivity (Wildman–Crippen MR) is 58.7 cm³/mol. The van der Waals surface area contributed by atoms with Crippen LogP contribution in [0.2, 0.25) is 0 Å². The van der Waals surface area contributed by atoms with E-state index in [0.29, 0.717) is 0 Å². The molecule has 1 N–H and O–H groups in total. The van der Waals surface area contributed by atoms with Gasteiger partial charge in [-0.05, 0) is 32.9 Å². The van der Waals surface area contributed by atoms with Crippen LogP contribution in [-0.4, -0.2) is 40.9 Å². The first kappa shape index (κ1) is 9.86. The Labute approximate surface area is 88.5 Å². The van der Waals surface area contributed by atoms with Gasteiger partial charge in [-0.3, -0.25) is 0 Å². The molecule has 1 saturated heterocycles. The zero-order valence-corrected chi connectivity index (χ0v) is 9.47. The van der Waals surface area contributed by atoms with Crippen molar-refractivity contribution < 1.29 is 0 Å². The fraction of sp³-hybridized carbons (Fsp3) is 0.778. The second-order valence-corrected chi connectivity index (χ2v) is 4.70. The fourth-order valence-corrected chi connectivity index (χ4v) is 2.37. The number of rotatable bonds is 3. The summed E-state index contributed by atoms with van der Waals surface area (Å²) in [4.78, 5) is 6.65. The van der Waals surface area contributed by atoms with Gasteiger partial charge in [0.1, 0.15) is 5.82 Å². The smallest absolute Gasteiger partial charge is 0.202 e. The quantitative estimate of drug-likeness (QED) is 0.817. The summed E-state index contributed by atoms with van der Waals surface area (Å²) in [5.41, 5.74) is 0. The van der Waals surface area contributed by atoms with Gasteiger partial charge in [-0.2, -0.15) is 4.37 Å². The van der Waals surface area contributed by atoms with Crippen molar-refractivity contribution in [1.29, 1.82) is 0 Å². The second-order valence-electron chi connectivity index (χ2n) is 3.94. The average molecular weight is 212 g/mol. The number of hydrogen-bond donors (Lipinski definition) is 1. The highest BCUT2D eigenvalue weighted by Gasteiger charge is 2.19. The van der Waals surface area contributed by atoms with E-state index in [1.807, 2.05) is 6.92 Å². The van der Waals surface area contributed by atoms with E-state index in [1.165, 1.54) is 31.0 Å². The Bertz CT molecular complexity index is 299. The largest absolute Gasteiger partial charge is 0.360 e. The Morgan fingerprint density at radius 1 is 1.64 bits per heavy atom. The molecule has 1 aliphatic rings. The number of anilines is 1. The molecule has 78 valence electrons. The van der Waals surface area contributed by atoms with E-state index in [2.05, 4.69) is 26.6 Å². The van der Waals surface area contributed by atoms with Crippen LogP contribution < -0.4 is 5.32 Å². The fourth-order valence-electron chi connectivity index (χ4n) is 1.79. The molecular weight excluding hydrogens is 196 g/mol. The van der Waals surface area contributed by atoms with Crippen LogP contribution in [0.5, 0.6) is 0 Å². The van der Waals surface area contributed by atoms with Crippen molar-refractivity contribution in [2.75, 3.05) is 32.0 Å². The Kier molecular flexibility index (Phi) is 2.98. The summed E-state index contributed by atoms with van der Waals surface area (Å²) in [6.07, 6.45) is 1.29. The Morgan fingerprint density at radius 2 is 2.50 bits per heavy atom. The average Bonchev–Trinajstić information content (AvgIpc) is 2.72. The molecule has 4 nitrogen and oxygen atoms in total. The minimum atomic E-state index is 0.768. The summed E-state index contributed by atoms with van der Waals surface area (Å²) in [5.74, 6) is 1.63. The maximum absolute atomic E-state index is 4.27. The third-order valence-corrected chi connectivity index (χ3v) is 3.32. The summed E-state index contributed by atoms with van der Waals surface area (Å²) in [6, 6.07) is 0. The molecule has 14 heavy (non-hydrogen) atoms. The standard InChI is InChI=1S/C9H16N4S/c1-7-11-9(14-12-7)10-5-8-3-4-13(2)6-8/h8H,3-6H2,1-2H3,(H,10,11,12). The molecule has 2 heterocycles. The zero-order valence-electron chi connectivity index (χ0n) is 8.66. The molecule has 1 unspecified atom stereocenters. The van der Waals surface area contributed by atoms with Gasteiger partial charge >= 0.3 is 0 Å². The number of hydrogen-bond acceptors (Lipinski definition) is 5. The third-order valence-electron chi connectivity index (χ3n) is 2.56. The van der Waals surface area contributed by atoms with Crippen LogP contribution in [-0.2, 0) is 0 Å². The highest BCUT2D eigenvalue weighted by atomic mass is 32.1. The summed E-state index contributed by atoms with van der Waals surface area (Å²) in [7, 11) is 2.18. The van der Waals surface area contributed by atoms with Crippen molar-refractivity contribution in [2.45, 2.75) is 13.3 Å². The molecular formula is C9H16N4S. The molecule has 0 aromatic carbocycles. The number of nitrogens with one attached hydrogen (secondary N) is 1. The van der Waals surface area contributed by atoms with Crippen molar-refractivity contribution in [3.63, 3.8) is 0 Å². The molecule has 0 aliphatic carbocycles. The molecule has 1 fully saturated rings. The highest BCUT2D eigenvalue weighted by molar-refractivity contribution is 7.09. The van der Waals surface area contributed by atoms with Crippen molar-refractivity contribution >= 4 is 16.7 Å². The molecule has 0 radical (unpaired) electrons. The van der Waals surface area contributed by atoms with Gasteiger partial charge in [-0.25, -0.2) is 4.98 Å². The Morgan fingerprint density at radius 3 is 3.07 bits per heavy atom. The van der Waals surface area contributed by atoms with Crippen molar-refractivity contribution in [3.05, 3.63) is 5.82 Å². The van der Waals surface area contributed by atoms with E-state index < -0.39 is 0 Å². The second kappa shape index (κ2) is 4.23. The Hall–Kier alpha value is -0.680. The summed E-state index contributed by atoms with van der Waals surface area (Å²) in [5, 5.41) is 4.30. The number of likely N-dealkylation sites (tertiary alicyclic amines) is 1. The van der Waals surface area contributed by atoms with Crippen LogP contribution >= 0.6 is 11.5 Å². The van der Waals surface area contributed by atoms with Crippen LogP contribution in [0.25, 0.3) is 0 Å². The minimum Gasteiger partial charge on any atom is -0.360 e. The topological polar surface area (TPSA) is 41.1 Å². The predicted octanol–water partition coefficient (Wildman–Crippen LogP) is 1.21. The highest BCUT2D eigenvalue weighted by Crippen LogP contribution is 2.16. The van der Waals surface area contributed by atoms with E-state index in [-0.39, 0.29) is 0 Å². The van der Waals surface area contributed by atoms with Gasteiger partial charge in [0.25, 0.3) is 0 Å². The summed E-state index contributed by atoms with van der Waals surface area (Å²) < 4.78 is 4.13. The van der Waals surface area contributed by atoms with Gasteiger partial charge in [0.15, 0.2) is 0 Å². The van der Waals surface area contributed by atoms with Crippen molar-refractivity contribution in [1.82, 2.24) is 14.3 Å². The van der Waals surface area contributed by atoms with Gasteiger partial charge in [-0.1, -0.05) is 0 Å². The van der Waals surface area contributed by atoms with E-state index in [4.69, 9.17) is 0 Å². The Balaban J connectivity index is 1.77. The van der Waals surface area contributed by atoms with Crippen molar-refractivity contribution in [3.8, 4) is 0 Å². The van der Waals surface area contributed by atoms with E-state index in [0.717, 1.165) is 23.4 Å². The molecule has 1 aromatic heterocycles. The molecule has 0 saturated carbocycles. The lowest BCUT2D eigenvalue weighted by Gasteiger charge is -2.10. The van der Waals surface area contributed by atoms with Crippen LogP contribution in [0, 0.1) is 12.8 Å². The van der Waals surface area contributed by atoms with Crippen molar-refractivity contribution in [2.24, 2.45) is 5.92 Å². The zero-order chi connectivity index (χ0) is 9.97. The lowest BCUT2D eigenvalue weighted by molar-refractivity contribution is 0.399. The first-order chi connectivity index (χ1) is 6.74. The van der Waals surface area contributed by atoms with E-state index in [9.17, 15) is 0 Å². The third kappa shape index (κ3) is 2.42. The molecule has 5 heteroatoms. The van der Waals surface area contributed by atoms with Crippen LogP contribution in [0.1, 0.15) is 12.2 Å². The molecule has 2 rings (SSSR count). The monoisotopic (exact) mass is 212 g/mol. The normalized spacial score (nSPS) is 22.9. The van der Waals surface area contributed by atoms with Crippen LogP contribution in [0.3, 0.4) is 0 Å². The van der Waals surface area contributed by atoms with Gasteiger partial charge in [0, 0.05) is 24.6 Å². The lowest BCUT2D eigenvalue weighted by atomic mass is 10.1. The van der Waals surface area contributed by atoms with Gasteiger partial charge in [0.2, 0.25) is 5.13 Å². The molecule has 1 aromatic rings. The van der Waals surface area contributed by atoms with E-state index in [1.54, 1.807) is 0 Å². The maximum Gasteiger partial charge on any atom is 0.202 e. The van der Waals surface area contributed by atoms with Crippen LogP contribution in [0.4, 0.5) is 5.13 Å². The molecule has 1 atom stereocenters. The van der Waals surface area contributed by atoms with E-state index >= 15 is 0 Å². The number of nitrogens with zero attached hydrogens (tertiary/aromatic N) is 3. The summed E-state index contributed by atoms with van der Waals surface area (Å²) in [6.45, 7) is 5.37. The number of aryl methyl sites for hydroxylation is 1. The molecule has 1 aliphatic heterocycles. The number of aromatic nitrogens is 2. The molecule has 0 amide bonds. The SMILES string of the molecule is Cc1nsc(NCC2CCN(C)C2)n1. The van der Waals surface area contributed by atoms with Gasteiger partial charge < -0.3 is 10.2 Å². The first-order valence-corrected chi connectivity index (χ1v) is 5.74. The van der Waals surface area contributed by atoms with Gasteiger partial charge in [0.05, 0.1) is 0 Å². The molecule has 0 spiro atoms. The van der Waals surface area contributed by atoms with Gasteiger partial charge in [-0.15, -0.1) is 0 Å². The maximum atomic E-state index is 4.27. The minimum absolute atomic E-state index is 0.768. The summed E-state index contributed by atoms with van der Waals surface area (Å²) >= 11 is 1.45. The van der Waals surface area contributed by atoms with Crippen LogP contribution in [0.15, 0.2) is 0 Å². The molecule has 0 bridgehead atoms. The lowest BCUT2D eigenvalue weighted by Crippen LogP contribution is -2.19. The first-order valence-electron chi connectivity index (χ1n) is 4.97.